The number of fused-ring (bicyclic) bond motifs is 2. The fraction of sp³-hybridized carbons (Fsp3) is 0.273. The van der Waals surface area contributed by atoms with Crippen LogP contribution in [0.1, 0.15) is 27.7 Å². The molecule has 0 saturated carbocycles. The number of carbonyl (C=O) groups excluding carboxylic acids is 2. The molecule has 27 heavy (non-hydrogen) atoms. The molecule has 0 amide bonds. The first kappa shape index (κ1) is 19.4. The molecule has 0 unspecified atom stereocenters. The fourth-order valence-corrected chi connectivity index (χ4v) is 3.30. The molecule has 0 spiro atoms. The number of hydrogen-bond donors (Lipinski definition) is 0. The van der Waals surface area contributed by atoms with Crippen LogP contribution in [0.5, 0.6) is 11.5 Å². The Kier molecular flexibility index (Phi) is 5.51. The Hall–Kier alpha value is -2.40. The van der Waals surface area contributed by atoms with Gasteiger partial charge in [0.15, 0.2) is 0 Å². The maximum absolute atomic E-state index is 12.3. The van der Waals surface area contributed by atoms with Gasteiger partial charge in [-0.1, -0.05) is 80.0 Å². The molecule has 0 fully saturated rings. The van der Waals surface area contributed by atoms with Gasteiger partial charge in [-0.05, 0) is 6.07 Å². The maximum Gasteiger partial charge on any atom is 0.313 e. The van der Waals surface area contributed by atoms with E-state index in [0.29, 0.717) is 22.3 Å². The molecule has 5 heteroatoms. The van der Waals surface area contributed by atoms with Gasteiger partial charge in [-0.3, -0.25) is 9.59 Å². The highest BCUT2D eigenvalue weighted by molar-refractivity contribution is 9.10. The normalized spacial score (nSPS) is 11.4. The van der Waals surface area contributed by atoms with Crippen LogP contribution in [-0.2, 0) is 9.59 Å². The van der Waals surface area contributed by atoms with Crippen molar-refractivity contribution < 1.29 is 19.1 Å². The first-order valence-corrected chi connectivity index (χ1v) is 9.66. The van der Waals surface area contributed by atoms with Gasteiger partial charge in [-0.2, -0.15) is 0 Å². The molecule has 0 aliphatic heterocycles. The number of esters is 2. The average Bonchev–Trinajstić information content (AvgIpc) is 2.63. The Morgan fingerprint density at radius 3 is 1.78 bits per heavy atom. The molecule has 0 radical (unpaired) electrons. The van der Waals surface area contributed by atoms with Crippen LogP contribution < -0.4 is 9.47 Å². The molecule has 4 nitrogen and oxygen atoms in total. The van der Waals surface area contributed by atoms with Gasteiger partial charge in [0.25, 0.3) is 0 Å². The third kappa shape index (κ3) is 3.69. The lowest BCUT2D eigenvalue weighted by Crippen LogP contribution is -2.17. The van der Waals surface area contributed by atoms with Gasteiger partial charge in [-0.25, -0.2) is 0 Å². The quantitative estimate of drug-likeness (QED) is 0.295. The predicted molar refractivity (Wildman–Crippen MR) is 110 cm³/mol. The standard InChI is InChI=1S/C22H21BrO4/c1-12(2)21(24)26-19-14-8-5-6-9-15(14)20(27-22(25)13(3)4)18-16(19)10-7-11-17(18)23/h5-13H,1-4H3. The molecule has 3 rings (SSSR count). The third-order valence-corrected chi connectivity index (χ3v) is 4.91. The average molecular weight is 429 g/mol. The molecule has 0 N–H and O–H groups in total. The van der Waals surface area contributed by atoms with Crippen molar-refractivity contribution in [3.05, 3.63) is 46.9 Å². The first-order chi connectivity index (χ1) is 12.8. The molecular formula is C22H21BrO4. The van der Waals surface area contributed by atoms with Crippen LogP contribution in [0.4, 0.5) is 0 Å². The summed E-state index contributed by atoms with van der Waals surface area (Å²) >= 11 is 3.56. The van der Waals surface area contributed by atoms with Crippen molar-refractivity contribution in [3.63, 3.8) is 0 Å². The van der Waals surface area contributed by atoms with Crippen LogP contribution in [0, 0.1) is 11.8 Å². The maximum atomic E-state index is 12.3. The molecule has 0 atom stereocenters. The Morgan fingerprint density at radius 1 is 0.741 bits per heavy atom. The van der Waals surface area contributed by atoms with Crippen molar-refractivity contribution in [1.82, 2.24) is 0 Å². The van der Waals surface area contributed by atoms with Crippen LogP contribution in [0.3, 0.4) is 0 Å². The highest BCUT2D eigenvalue weighted by Gasteiger charge is 2.23. The number of hydrogen-bond acceptors (Lipinski definition) is 4. The number of benzene rings is 3. The van der Waals surface area contributed by atoms with E-state index in [1.807, 2.05) is 42.5 Å². The highest BCUT2D eigenvalue weighted by atomic mass is 79.9. The van der Waals surface area contributed by atoms with Crippen molar-refractivity contribution in [3.8, 4) is 11.5 Å². The molecule has 0 saturated heterocycles. The summed E-state index contributed by atoms with van der Waals surface area (Å²) in [4.78, 5) is 24.7. The van der Waals surface area contributed by atoms with Crippen LogP contribution in [0.2, 0.25) is 0 Å². The topological polar surface area (TPSA) is 52.6 Å². The zero-order valence-corrected chi connectivity index (χ0v) is 17.3. The minimum Gasteiger partial charge on any atom is -0.425 e. The lowest BCUT2D eigenvalue weighted by molar-refractivity contribution is -0.138. The SMILES string of the molecule is CC(C)C(=O)Oc1c2ccccc2c(OC(=O)C(C)C)c2c(Br)cccc12. The summed E-state index contributed by atoms with van der Waals surface area (Å²) in [6.07, 6.45) is 0. The van der Waals surface area contributed by atoms with Crippen molar-refractivity contribution in [1.29, 1.82) is 0 Å². The second-order valence-corrected chi connectivity index (χ2v) is 7.87. The predicted octanol–water partition coefficient (Wildman–Crippen LogP) is 5.88. The van der Waals surface area contributed by atoms with Crippen molar-refractivity contribution >= 4 is 49.4 Å². The minimum absolute atomic E-state index is 0.260. The summed E-state index contributed by atoms with van der Waals surface area (Å²) in [6, 6.07) is 13.1. The molecule has 0 heterocycles. The first-order valence-electron chi connectivity index (χ1n) is 8.87. The monoisotopic (exact) mass is 428 g/mol. The molecular weight excluding hydrogens is 408 g/mol. The van der Waals surface area contributed by atoms with E-state index < -0.39 is 0 Å². The number of halogens is 1. The van der Waals surface area contributed by atoms with E-state index >= 15 is 0 Å². The molecule has 0 aliphatic rings. The van der Waals surface area contributed by atoms with E-state index in [4.69, 9.17) is 9.47 Å². The van der Waals surface area contributed by atoms with Gasteiger partial charge in [0, 0.05) is 26.0 Å². The summed E-state index contributed by atoms with van der Waals surface area (Å²) in [5.41, 5.74) is 0. The summed E-state index contributed by atoms with van der Waals surface area (Å²) in [7, 11) is 0. The fourth-order valence-electron chi connectivity index (χ4n) is 2.76. The van der Waals surface area contributed by atoms with E-state index in [-0.39, 0.29) is 23.8 Å². The van der Waals surface area contributed by atoms with Gasteiger partial charge in [0.05, 0.1) is 11.8 Å². The van der Waals surface area contributed by atoms with Gasteiger partial charge in [-0.15, -0.1) is 0 Å². The Morgan fingerprint density at radius 2 is 1.22 bits per heavy atom. The lowest BCUT2D eigenvalue weighted by atomic mass is 10.0. The van der Waals surface area contributed by atoms with Crippen LogP contribution >= 0.6 is 15.9 Å². The summed E-state index contributed by atoms with van der Waals surface area (Å²) in [5.74, 6) is -0.206. The van der Waals surface area contributed by atoms with Gasteiger partial charge in [0.2, 0.25) is 0 Å². The Balaban J connectivity index is 2.38. The zero-order chi connectivity index (χ0) is 19.7. The van der Waals surface area contributed by atoms with Crippen LogP contribution in [0.25, 0.3) is 21.5 Å². The Labute approximate surface area is 166 Å². The second kappa shape index (κ2) is 7.69. The van der Waals surface area contributed by atoms with Gasteiger partial charge >= 0.3 is 11.9 Å². The van der Waals surface area contributed by atoms with E-state index in [1.54, 1.807) is 27.7 Å². The molecule has 3 aromatic rings. The van der Waals surface area contributed by atoms with Gasteiger partial charge in [0.1, 0.15) is 11.5 Å². The molecule has 3 aromatic carbocycles. The Bertz CT molecular complexity index is 1040. The van der Waals surface area contributed by atoms with Crippen LogP contribution in [0.15, 0.2) is 46.9 Å². The molecule has 140 valence electrons. The smallest absolute Gasteiger partial charge is 0.313 e. The zero-order valence-electron chi connectivity index (χ0n) is 15.7. The molecule has 0 aliphatic carbocycles. The van der Waals surface area contributed by atoms with Crippen molar-refractivity contribution in [2.75, 3.05) is 0 Å². The van der Waals surface area contributed by atoms with Crippen LogP contribution in [-0.4, -0.2) is 11.9 Å². The van der Waals surface area contributed by atoms with Gasteiger partial charge < -0.3 is 9.47 Å². The summed E-state index contributed by atoms with van der Waals surface area (Å²) in [5, 5.41) is 2.86. The minimum atomic E-state index is -0.316. The van der Waals surface area contributed by atoms with Crippen molar-refractivity contribution in [2.24, 2.45) is 11.8 Å². The number of ether oxygens (including phenoxy) is 2. The molecule has 0 bridgehead atoms. The van der Waals surface area contributed by atoms with E-state index in [0.717, 1.165) is 15.2 Å². The highest BCUT2D eigenvalue weighted by Crippen LogP contribution is 2.45. The number of rotatable bonds is 4. The van der Waals surface area contributed by atoms with E-state index in [1.165, 1.54) is 0 Å². The lowest BCUT2D eigenvalue weighted by Gasteiger charge is -2.18. The summed E-state index contributed by atoms with van der Waals surface area (Å²) < 4.78 is 12.3. The largest absolute Gasteiger partial charge is 0.425 e. The summed E-state index contributed by atoms with van der Waals surface area (Å²) in [6.45, 7) is 7.17. The second-order valence-electron chi connectivity index (χ2n) is 7.02. The van der Waals surface area contributed by atoms with Crippen molar-refractivity contribution in [2.45, 2.75) is 27.7 Å². The number of carbonyl (C=O) groups is 2. The van der Waals surface area contributed by atoms with E-state index in [2.05, 4.69) is 15.9 Å². The van der Waals surface area contributed by atoms with E-state index in [9.17, 15) is 9.59 Å². The molecule has 0 aromatic heterocycles. The third-order valence-electron chi connectivity index (χ3n) is 4.25.